The van der Waals surface area contributed by atoms with Crippen LogP contribution in [0.1, 0.15) is 10.4 Å². The van der Waals surface area contributed by atoms with Gasteiger partial charge in [-0.3, -0.25) is 4.79 Å². The number of carbonyl (C=O) groups excluding carboxylic acids is 1. The number of hydrogen-bond donors (Lipinski definition) is 1. The molecule has 6 heteroatoms. The highest BCUT2D eigenvalue weighted by atomic mass is 35.5. The van der Waals surface area contributed by atoms with Crippen LogP contribution in [0.4, 0.5) is 5.69 Å². The molecule has 27 heavy (non-hydrogen) atoms. The molecule has 4 aromatic rings. The molecule has 132 valence electrons. The molecule has 0 saturated heterocycles. The van der Waals surface area contributed by atoms with Gasteiger partial charge in [-0.05, 0) is 48.5 Å². The van der Waals surface area contributed by atoms with Crippen LogP contribution in [0.5, 0.6) is 0 Å². The Bertz CT molecular complexity index is 1080. The molecule has 1 aromatic heterocycles. The van der Waals surface area contributed by atoms with E-state index in [0.29, 0.717) is 33.6 Å². The third kappa shape index (κ3) is 3.73. The Hall–Kier alpha value is -3.44. The normalized spacial score (nSPS) is 10.6. The van der Waals surface area contributed by atoms with Crippen LogP contribution in [0.25, 0.3) is 22.9 Å². The van der Waals surface area contributed by atoms with Crippen LogP contribution >= 0.6 is 11.6 Å². The lowest BCUT2D eigenvalue weighted by atomic mass is 10.1. The van der Waals surface area contributed by atoms with E-state index in [9.17, 15) is 4.79 Å². The number of anilines is 1. The molecule has 3 aromatic carbocycles. The lowest BCUT2D eigenvalue weighted by molar-refractivity contribution is 0.102. The first kappa shape index (κ1) is 17.0. The molecule has 0 radical (unpaired) electrons. The number of amides is 1. The predicted octanol–water partition coefficient (Wildman–Crippen LogP) is 5.31. The van der Waals surface area contributed by atoms with Crippen LogP contribution in [0, 0.1) is 0 Å². The van der Waals surface area contributed by atoms with Crippen LogP contribution < -0.4 is 5.32 Å². The van der Waals surface area contributed by atoms with E-state index in [-0.39, 0.29) is 5.91 Å². The second kappa shape index (κ2) is 7.43. The zero-order chi connectivity index (χ0) is 18.6. The first-order valence-corrected chi connectivity index (χ1v) is 8.64. The number of para-hydroxylation sites is 1. The zero-order valence-electron chi connectivity index (χ0n) is 14.1. The quantitative estimate of drug-likeness (QED) is 0.525. The van der Waals surface area contributed by atoms with Crippen molar-refractivity contribution in [3.05, 3.63) is 89.4 Å². The zero-order valence-corrected chi connectivity index (χ0v) is 14.9. The molecule has 5 nitrogen and oxygen atoms in total. The number of rotatable bonds is 4. The Morgan fingerprint density at radius 2 is 1.48 bits per heavy atom. The fraction of sp³-hybridized carbons (Fsp3) is 0. The molecule has 0 spiro atoms. The van der Waals surface area contributed by atoms with Crippen molar-refractivity contribution in [1.82, 2.24) is 10.2 Å². The van der Waals surface area contributed by atoms with E-state index in [4.69, 9.17) is 16.0 Å². The molecule has 1 heterocycles. The summed E-state index contributed by atoms with van der Waals surface area (Å²) in [5, 5.41) is 11.8. The van der Waals surface area contributed by atoms with Gasteiger partial charge < -0.3 is 9.73 Å². The third-order valence-electron chi connectivity index (χ3n) is 3.96. The van der Waals surface area contributed by atoms with Gasteiger partial charge in [0.2, 0.25) is 11.8 Å². The number of hydrogen-bond acceptors (Lipinski definition) is 4. The first-order chi connectivity index (χ1) is 13.2. The number of aromatic nitrogens is 2. The average Bonchev–Trinajstić information content (AvgIpc) is 3.19. The molecule has 0 bridgehead atoms. The van der Waals surface area contributed by atoms with Gasteiger partial charge in [-0.2, -0.15) is 0 Å². The Kier molecular flexibility index (Phi) is 4.68. The summed E-state index contributed by atoms with van der Waals surface area (Å²) in [5.41, 5.74) is 2.58. The SMILES string of the molecule is O=C(Nc1ccccc1-c1nnc(-c2ccc(Cl)cc2)o1)c1ccccc1. The first-order valence-electron chi connectivity index (χ1n) is 8.26. The van der Waals surface area contributed by atoms with Crippen LogP contribution in [0.3, 0.4) is 0 Å². The number of nitrogens with zero attached hydrogens (tertiary/aromatic N) is 2. The summed E-state index contributed by atoms with van der Waals surface area (Å²) in [7, 11) is 0. The van der Waals surface area contributed by atoms with Crippen LogP contribution in [-0.4, -0.2) is 16.1 Å². The maximum absolute atomic E-state index is 12.5. The Balaban J connectivity index is 1.63. The monoisotopic (exact) mass is 375 g/mol. The molecule has 1 amide bonds. The van der Waals surface area contributed by atoms with Gasteiger partial charge in [0.1, 0.15) is 0 Å². The highest BCUT2D eigenvalue weighted by molar-refractivity contribution is 6.30. The number of carbonyl (C=O) groups is 1. The van der Waals surface area contributed by atoms with Crippen LogP contribution in [-0.2, 0) is 0 Å². The van der Waals surface area contributed by atoms with Crippen molar-refractivity contribution in [2.24, 2.45) is 0 Å². The summed E-state index contributed by atoms with van der Waals surface area (Å²) in [4.78, 5) is 12.5. The fourth-order valence-electron chi connectivity index (χ4n) is 2.60. The molecule has 1 N–H and O–H groups in total. The van der Waals surface area contributed by atoms with E-state index in [0.717, 1.165) is 5.56 Å². The Morgan fingerprint density at radius 3 is 2.26 bits per heavy atom. The number of benzene rings is 3. The predicted molar refractivity (Wildman–Crippen MR) is 105 cm³/mol. The highest BCUT2D eigenvalue weighted by Gasteiger charge is 2.15. The number of nitrogens with one attached hydrogen (secondary N) is 1. The smallest absolute Gasteiger partial charge is 0.255 e. The average molecular weight is 376 g/mol. The minimum atomic E-state index is -0.208. The van der Waals surface area contributed by atoms with E-state index < -0.39 is 0 Å². The van der Waals surface area contributed by atoms with Crippen LogP contribution in [0.15, 0.2) is 83.3 Å². The third-order valence-corrected chi connectivity index (χ3v) is 4.21. The summed E-state index contributed by atoms with van der Waals surface area (Å²) in [6, 6.07) is 23.4. The van der Waals surface area contributed by atoms with Gasteiger partial charge >= 0.3 is 0 Å². The lowest BCUT2D eigenvalue weighted by Crippen LogP contribution is -2.12. The largest absolute Gasteiger partial charge is 0.416 e. The molecule has 0 atom stereocenters. The second-order valence-electron chi connectivity index (χ2n) is 5.78. The molecule has 0 aliphatic carbocycles. The van der Waals surface area contributed by atoms with Gasteiger partial charge in [0.15, 0.2) is 0 Å². The fourth-order valence-corrected chi connectivity index (χ4v) is 2.73. The van der Waals surface area contributed by atoms with Gasteiger partial charge in [-0.25, -0.2) is 0 Å². The molecule has 4 rings (SSSR count). The number of halogens is 1. The van der Waals surface area contributed by atoms with Gasteiger partial charge in [0.05, 0.1) is 11.3 Å². The summed E-state index contributed by atoms with van der Waals surface area (Å²) >= 11 is 5.91. The van der Waals surface area contributed by atoms with Crippen molar-refractivity contribution < 1.29 is 9.21 Å². The van der Waals surface area contributed by atoms with E-state index >= 15 is 0 Å². The summed E-state index contributed by atoms with van der Waals surface area (Å²) in [6.45, 7) is 0. The van der Waals surface area contributed by atoms with Crippen molar-refractivity contribution in [3.8, 4) is 22.9 Å². The topological polar surface area (TPSA) is 68.0 Å². The molecular formula is C21H14ClN3O2. The molecule has 0 unspecified atom stereocenters. The maximum Gasteiger partial charge on any atom is 0.255 e. The molecule has 0 aliphatic rings. The Labute approximate surface area is 160 Å². The minimum absolute atomic E-state index is 0.208. The minimum Gasteiger partial charge on any atom is -0.416 e. The van der Waals surface area contributed by atoms with Gasteiger partial charge in [-0.1, -0.05) is 41.9 Å². The standard InChI is InChI=1S/C21H14ClN3O2/c22-16-12-10-15(11-13-16)20-24-25-21(27-20)17-8-4-5-9-18(17)23-19(26)14-6-2-1-3-7-14/h1-13H,(H,23,26). The van der Waals surface area contributed by atoms with Gasteiger partial charge in [-0.15, -0.1) is 10.2 Å². The second-order valence-corrected chi connectivity index (χ2v) is 6.22. The van der Waals surface area contributed by atoms with Crippen molar-refractivity contribution in [3.63, 3.8) is 0 Å². The van der Waals surface area contributed by atoms with Crippen molar-refractivity contribution in [1.29, 1.82) is 0 Å². The van der Waals surface area contributed by atoms with Crippen LogP contribution in [0.2, 0.25) is 5.02 Å². The van der Waals surface area contributed by atoms with E-state index in [1.807, 2.05) is 48.5 Å². The summed E-state index contributed by atoms with van der Waals surface area (Å²) in [6.07, 6.45) is 0. The summed E-state index contributed by atoms with van der Waals surface area (Å²) < 4.78 is 5.81. The highest BCUT2D eigenvalue weighted by Crippen LogP contribution is 2.30. The van der Waals surface area contributed by atoms with Crippen molar-refractivity contribution >= 4 is 23.2 Å². The van der Waals surface area contributed by atoms with Gasteiger partial charge in [0.25, 0.3) is 5.91 Å². The van der Waals surface area contributed by atoms with Crippen molar-refractivity contribution in [2.45, 2.75) is 0 Å². The maximum atomic E-state index is 12.5. The Morgan fingerprint density at radius 1 is 0.815 bits per heavy atom. The van der Waals surface area contributed by atoms with E-state index in [1.165, 1.54) is 0 Å². The molecule has 0 aliphatic heterocycles. The van der Waals surface area contributed by atoms with Crippen molar-refractivity contribution in [2.75, 3.05) is 5.32 Å². The van der Waals surface area contributed by atoms with Gasteiger partial charge in [0, 0.05) is 16.1 Å². The molecule has 0 saturated carbocycles. The van der Waals surface area contributed by atoms with E-state index in [1.54, 1.807) is 30.3 Å². The lowest BCUT2D eigenvalue weighted by Gasteiger charge is -2.08. The molecular weight excluding hydrogens is 362 g/mol. The summed E-state index contributed by atoms with van der Waals surface area (Å²) in [5.74, 6) is 0.496. The molecule has 0 fully saturated rings. The van der Waals surface area contributed by atoms with E-state index in [2.05, 4.69) is 15.5 Å².